The van der Waals surface area contributed by atoms with E-state index in [2.05, 4.69) is 5.32 Å². The summed E-state index contributed by atoms with van der Waals surface area (Å²) in [5.41, 5.74) is 2.12. The number of carbonyl (C=O) groups excluding carboxylic acids is 3. The zero-order chi connectivity index (χ0) is 19.6. The van der Waals surface area contributed by atoms with Crippen LogP contribution in [0.1, 0.15) is 52.5 Å². The van der Waals surface area contributed by atoms with E-state index >= 15 is 0 Å². The van der Waals surface area contributed by atoms with Crippen LogP contribution < -0.4 is 5.32 Å². The number of amides is 3. The Morgan fingerprint density at radius 3 is 2.30 bits per heavy atom. The first-order valence-electron chi connectivity index (χ1n) is 8.98. The lowest BCUT2D eigenvalue weighted by Gasteiger charge is -2.25. The Bertz CT molecular complexity index is 875. The Morgan fingerprint density at radius 2 is 1.74 bits per heavy atom. The van der Waals surface area contributed by atoms with Gasteiger partial charge in [0.15, 0.2) is 0 Å². The normalized spacial score (nSPS) is 14.3. The molecule has 1 aliphatic heterocycles. The van der Waals surface area contributed by atoms with Crippen LogP contribution in [0.25, 0.3) is 0 Å². The molecule has 1 atom stereocenters. The summed E-state index contributed by atoms with van der Waals surface area (Å²) in [5.74, 6) is -1.24. The van der Waals surface area contributed by atoms with Gasteiger partial charge in [-0.05, 0) is 43.2 Å². The summed E-state index contributed by atoms with van der Waals surface area (Å²) in [7, 11) is 0. The molecule has 0 saturated heterocycles. The van der Waals surface area contributed by atoms with Crippen molar-refractivity contribution in [1.29, 1.82) is 0 Å². The minimum absolute atomic E-state index is 0.343. The highest BCUT2D eigenvalue weighted by Crippen LogP contribution is 2.27. The van der Waals surface area contributed by atoms with E-state index in [-0.39, 0.29) is 0 Å². The molecule has 27 heavy (non-hydrogen) atoms. The fraction of sp³-hybridized carbons (Fsp3) is 0.286. The van der Waals surface area contributed by atoms with Gasteiger partial charge >= 0.3 is 0 Å². The number of rotatable bonds is 6. The van der Waals surface area contributed by atoms with E-state index in [0.29, 0.717) is 28.3 Å². The van der Waals surface area contributed by atoms with Gasteiger partial charge in [0.2, 0.25) is 5.91 Å². The number of nitrogens with zero attached hydrogens (tertiary/aromatic N) is 1. The van der Waals surface area contributed by atoms with Crippen LogP contribution in [0.5, 0.6) is 0 Å². The third-order valence-electron chi connectivity index (χ3n) is 4.71. The maximum atomic E-state index is 12.9. The van der Waals surface area contributed by atoms with Gasteiger partial charge < -0.3 is 5.32 Å². The summed E-state index contributed by atoms with van der Waals surface area (Å²) in [6.45, 7) is 3.87. The summed E-state index contributed by atoms with van der Waals surface area (Å²) in [5, 5.41) is 3.33. The number of fused-ring (bicyclic) bond motifs is 1. The van der Waals surface area contributed by atoms with E-state index in [1.165, 1.54) is 0 Å². The molecule has 0 radical (unpaired) electrons. The highest BCUT2D eigenvalue weighted by molar-refractivity contribution is 6.31. The van der Waals surface area contributed by atoms with Crippen LogP contribution in [0.4, 0.5) is 5.69 Å². The molecule has 3 amide bonds. The Balaban J connectivity index is 1.87. The van der Waals surface area contributed by atoms with Gasteiger partial charge in [0.25, 0.3) is 11.8 Å². The predicted octanol–water partition coefficient (Wildman–Crippen LogP) is 4.44. The number of nitrogens with one attached hydrogen (secondary N) is 1. The molecule has 1 heterocycles. The van der Waals surface area contributed by atoms with Gasteiger partial charge in [-0.3, -0.25) is 19.3 Å². The van der Waals surface area contributed by atoms with E-state index in [0.717, 1.165) is 23.3 Å². The van der Waals surface area contributed by atoms with Crippen LogP contribution >= 0.6 is 11.6 Å². The number of imide groups is 1. The summed E-state index contributed by atoms with van der Waals surface area (Å²) in [4.78, 5) is 39.6. The molecule has 0 aromatic heterocycles. The number of aryl methyl sites for hydroxylation is 1. The van der Waals surface area contributed by atoms with Crippen molar-refractivity contribution in [2.24, 2.45) is 0 Å². The molecular formula is C21H21ClN2O3. The Kier molecular flexibility index (Phi) is 5.61. The standard InChI is InChI=1S/C21H21ClN2O3/c1-3-4-9-18(19(25)23-14-11-10-13(2)17(22)12-14)24-20(26)15-7-5-6-8-16(15)21(24)27/h5-8,10-12,18H,3-4,9H2,1-2H3,(H,23,25)/t18-/m1/s1. The number of hydrogen-bond acceptors (Lipinski definition) is 3. The van der Waals surface area contributed by atoms with E-state index in [1.807, 2.05) is 13.8 Å². The number of anilines is 1. The molecule has 0 aliphatic carbocycles. The second kappa shape index (κ2) is 7.92. The second-order valence-corrected chi connectivity index (χ2v) is 7.04. The number of carbonyl (C=O) groups is 3. The fourth-order valence-corrected chi connectivity index (χ4v) is 3.34. The molecule has 0 spiro atoms. The van der Waals surface area contributed by atoms with Gasteiger partial charge in [0, 0.05) is 10.7 Å². The number of benzene rings is 2. The number of hydrogen-bond donors (Lipinski definition) is 1. The van der Waals surface area contributed by atoms with Crippen molar-refractivity contribution < 1.29 is 14.4 Å². The van der Waals surface area contributed by atoms with Crippen LogP contribution in [0, 0.1) is 6.92 Å². The van der Waals surface area contributed by atoms with Gasteiger partial charge in [-0.25, -0.2) is 0 Å². The maximum Gasteiger partial charge on any atom is 0.262 e. The zero-order valence-corrected chi connectivity index (χ0v) is 16.0. The molecule has 0 bridgehead atoms. The monoisotopic (exact) mass is 384 g/mol. The number of halogens is 1. The largest absolute Gasteiger partial charge is 0.324 e. The average Bonchev–Trinajstić information content (AvgIpc) is 2.90. The first-order valence-corrected chi connectivity index (χ1v) is 9.35. The minimum Gasteiger partial charge on any atom is -0.324 e. The van der Waals surface area contributed by atoms with Crippen LogP contribution in [0.3, 0.4) is 0 Å². The first-order chi connectivity index (χ1) is 12.9. The van der Waals surface area contributed by atoms with Crippen molar-refractivity contribution in [3.63, 3.8) is 0 Å². The minimum atomic E-state index is -0.863. The van der Waals surface area contributed by atoms with Crippen molar-refractivity contribution in [3.05, 3.63) is 64.2 Å². The topological polar surface area (TPSA) is 66.5 Å². The van der Waals surface area contributed by atoms with Crippen molar-refractivity contribution in [3.8, 4) is 0 Å². The highest BCUT2D eigenvalue weighted by atomic mass is 35.5. The van der Waals surface area contributed by atoms with Gasteiger partial charge in [-0.2, -0.15) is 0 Å². The van der Waals surface area contributed by atoms with E-state index in [4.69, 9.17) is 11.6 Å². The highest BCUT2D eigenvalue weighted by Gasteiger charge is 2.42. The van der Waals surface area contributed by atoms with Gasteiger partial charge in [-0.1, -0.05) is 49.6 Å². The smallest absolute Gasteiger partial charge is 0.262 e. The summed E-state index contributed by atoms with van der Waals surface area (Å²) < 4.78 is 0. The second-order valence-electron chi connectivity index (χ2n) is 6.64. The molecule has 2 aromatic rings. The Labute approximate surface area is 163 Å². The van der Waals surface area contributed by atoms with Gasteiger partial charge in [0.1, 0.15) is 6.04 Å². The lowest BCUT2D eigenvalue weighted by molar-refractivity contribution is -0.120. The van der Waals surface area contributed by atoms with Crippen molar-refractivity contribution >= 4 is 35.0 Å². The molecule has 0 unspecified atom stereocenters. The molecular weight excluding hydrogens is 364 g/mol. The molecule has 0 saturated carbocycles. The van der Waals surface area contributed by atoms with Crippen molar-refractivity contribution in [1.82, 2.24) is 4.90 Å². The molecule has 6 heteroatoms. The molecule has 0 fully saturated rings. The summed E-state index contributed by atoms with van der Waals surface area (Å²) >= 11 is 6.12. The van der Waals surface area contributed by atoms with E-state index in [9.17, 15) is 14.4 Å². The van der Waals surface area contributed by atoms with Crippen LogP contribution in [0.2, 0.25) is 5.02 Å². The van der Waals surface area contributed by atoms with Gasteiger partial charge in [0.05, 0.1) is 11.1 Å². The third-order valence-corrected chi connectivity index (χ3v) is 5.12. The molecule has 1 aliphatic rings. The predicted molar refractivity (Wildman–Crippen MR) is 105 cm³/mol. The number of unbranched alkanes of at least 4 members (excludes halogenated alkanes) is 1. The van der Waals surface area contributed by atoms with E-state index < -0.39 is 23.8 Å². The molecule has 1 N–H and O–H groups in total. The lowest BCUT2D eigenvalue weighted by atomic mass is 10.1. The molecule has 3 rings (SSSR count). The quantitative estimate of drug-likeness (QED) is 0.748. The molecule has 5 nitrogen and oxygen atoms in total. The maximum absolute atomic E-state index is 12.9. The lowest BCUT2D eigenvalue weighted by Crippen LogP contribution is -2.47. The fourth-order valence-electron chi connectivity index (χ4n) is 3.16. The third kappa shape index (κ3) is 3.74. The molecule has 140 valence electrons. The van der Waals surface area contributed by atoms with Crippen LogP contribution in [-0.4, -0.2) is 28.7 Å². The molecule has 2 aromatic carbocycles. The van der Waals surface area contributed by atoms with Crippen LogP contribution in [-0.2, 0) is 4.79 Å². The zero-order valence-electron chi connectivity index (χ0n) is 15.3. The summed E-state index contributed by atoms with van der Waals surface area (Å²) in [6, 6.07) is 11.0. The average molecular weight is 385 g/mol. The van der Waals surface area contributed by atoms with Crippen LogP contribution in [0.15, 0.2) is 42.5 Å². The first kappa shape index (κ1) is 19.1. The van der Waals surface area contributed by atoms with Gasteiger partial charge in [-0.15, -0.1) is 0 Å². The van der Waals surface area contributed by atoms with Crippen molar-refractivity contribution in [2.75, 3.05) is 5.32 Å². The van der Waals surface area contributed by atoms with Crippen molar-refractivity contribution in [2.45, 2.75) is 39.2 Å². The summed E-state index contributed by atoms with van der Waals surface area (Å²) in [6.07, 6.45) is 1.98. The Morgan fingerprint density at radius 1 is 1.11 bits per heavy atom. The SMILES string of the molecule is CCCC[C@H](C(=O)Nc1ccc(C)c(Cl)c1)N1C(=O)c2ccccc2C1=O. The Hall–Kier alpha value is -2.66. The van der Waals surface area contributed by atoms with E-state index in [1.54, 1.807) is 42.5 Å².